The summed E-state index contributed by atoms with van der Waals surface area (Å²) in [5.74, 6) is -1.38. The zero-order chi connectivity index (χ0) is 8.04. The predicted octanol–water partition coefficient (Wildman–Crippen LogP) is 0.413. The molecule has 0 heterocycles. The van der Waals surface area contributed by atoms with E-state index in [1.807, 2.05) is 0 Å². The van der Waals surface area contributed by atoms with Crippen molar-refractivity contribution in [1.29, 1.82) is 10.5 Å². The molecule has 0 spiro atoms. The Hall–Kier alpha value is -1.10. The maximum atomic E-state index is 8.46. The van der Waals surface area contributed by atoms with Crippen LogP contribution in [-0.2, 0) is 9.47 Å². The average Bonchev–Trinajstić information content (AvgIpc) is 2.01. The molecule has 54 valence electrons. The zero-order valence-corrected chi connectivity index (χ0v) is 5.92. The Morgan fingerprint density at radius 1 is 1.30 bits per heavy atom. The first-order chi connectivity index (χ1) is 4.74. The molecule has 4 nitrogen and oxygen atoms in total. The molecule has 0 aromatic carbocycles. The molecule has 0 aliphatic carbocycles. The number of ether oxygens (including phenoxy) is 2. The van der Waals surface area contributed by atoms with E-state index >= 15 is 0 Å². The third kappa shape index (κ3) is 1.70. The normalized spacial score (nSPS) is 10.0. The van der Waals surface area contributed by atoms with Crippen LogP contribution in [0.4, 0.5) is 0 Å². The fourth-order valence-corrected chi connectivity index (χ4v) is 0.463. The second-order valence-corrected chi connectivity index (χ2v) is 1.61. The van der Waals surface area contributed by atoms with Gasteiger partial charge in [0.25, 0.3) is 5.79 Å². The molecule has 4 heteroatoms. The summed E-state index contributed by atoms with van der Waals surface area (Å²) in [6.07, 6.45) is -0.0868. The molecule has 0 saturated carbocycles. The van der Waals surface area contributed by atoms with Crippen molar-refractivity contribution in [2.24, 2.45) is 0 Å². The fourth-order valence-electron chi connectivity index (χ4n) is 0.463. The van der Waals surface area contributed by atoms with Crippen LogP contribution in [0.25, 0.3) is 0 Å². The minimum atomic E-state index is -1.38. The predicted molar refractivity (Wildman–Crippen MR) is 32.6 cm³/mol. The first-order valence-electron chi connectivity index (χ1n) is 2.63. The van der Waals surface area contributed by atoms with Gasteiger partial charge in [-0.25, -0.2) is 0 Å². The fraction of sp³-hybridized carbons (Fsp3) is 0.667. The number of rotatable bonds is 3. The van der Waals surface area contributed by atoms with Crippen LogP contribution < -0.4 is 0 Å². The van der Waals surface area contributed by atoms with Crippen LogP contribution in [-0.4, -0.2) is 20.0 Å². The summed E-state index contributed by atoms with van der Waals surface area (Å²) in [6.45, 7) is 0. The van der Waals surface area contributed by atoms with Crippen molar-refractivity contribution in [3.05, 3.63) is 0 Å². The Kier molecular flexibility index (Phi) is 3.42. The van der Waals surface area contributed by atoms with E-state index in [2.05, 4.69) is 9.47 Å². The van der Waals surface area contributed by atoms with Gasteiger partial charge in [-0.15, -0.1) is 0 Å². The Morgan fingerprint density at radius 3 is 1.90 bits per heavy atom. The lowest BCUT2D eigenvalue weighted by Crippen LogP contribution is -2.30. The number of hydrogen-bond donors (Lipinski definition) is 0. The summed E-state index contributed by atoms with van der Waals surface area (Å²) in [5, 5.41) is 16.7. The van der Waals surface area contributed by atoms with Crippen LogP contribution in [0.3, 0.4) is 0 Å². The van der Waals surface area contributed by atoms with E-state index in [4.69, 9.17) is 10.5 Å². The van der Waals surface area contributed by atoms with Gasteiger partial charge in [0, 0.05) is 14.2 Å². The highest BCUT2D eigenvalue weighted by Crippen LogP contribution is 2.13. The van der Waals surface area contributed by atoms with Gasteiger partial charge in [-0.2, -0.15) is 10.5 Å². The van der Waals surface area contributed by atoms with Crippen LogP contribution in [0.1, 0.15) is 6.42 Å². The summed E-state index contributed by atoms with van der Waals surface area (Å²) in [6, 6.07) is 3.54. The largest absolute Gasteiger partial charge is 0.341 e. The maximum absolute atomic E-state index is 8.46. The monoisotopic (exact) mass is 140 g/mol. The smallest absolute Gasteiger partial charge is 0.272 e. The van der Waals surface area contributed by atoms with Crippen LogP contribution in [0.5, 0.6) is 0 Å². The lowest BCUT2D eigenvalue weighted by atomic mass is 10.2. The van der Waals surface area contributed by atoms with E-state index in [1.165, 1.54) is 14.2 Å². The van der Waals surface area contributed by atoms with E-state index in [0.29, 0.717) is 0 Å². The Balaban J connectivity index is 4.23. The van der Waals surface area contributed by atoms with Gasteiger partial charge in [0.15, 0.2) is 0 Å². The topological polar surface area (TPSA) is 66.0 Å². The van der Waals surface area contributed by atoms with Crippen molar-refractivity contribution in [3.63, 3.8) is 0 Å². The number of nitriles is 2. The molecule has 0 unspecified atom stereocenters. The third-order valence-corrected chi connectivity index (χ3v) is 1.14. The minimum Gasteiger partial charge on any atom is -0.341 e. The maximum Gasteiger partial charge on any atom is 0.272 e. The van der Waals surface area contributed by atoms with Gasteiger partial charge in [-0.05, 0) is 0 Å². The molecule has 0 atom stereocenters. The third-order valence-electron chi connectivity index (χ3n) is 1.14. The molecular weight excluding hydrogens is 132 g/mol. The first-order valence-corrected chi connectivity index (χ1v) is 2.63. The minimum absolute atomic E-state index is 0.0868. The molecule has 0 fully saturated rings. The summed E-state index contributed by atoms with van der Waals surface area (Å²) in [5.41, 5.74) is 0. The quantitative estimate of drug-likeness (QED) is 0.532. The van der Waals surface area contributed by atoms with Crippen molar-refractivity contribution in [1.82, 2.24) is 0 Å². The van der Waals surface area contributed by atoms with Gasteiger partial charge in [0.1, 0.15) is 12.5 Å². The standard InChI is InChI=1S/C6H8N2O2/c1-9-6(5-8,10-2)3-4-7/h3H2,1-2H3. The van der Waals surface area contributed by atoms with Crippen molar-refractivity contribution in [2.75, 3.05) is 14.2 Å². The van der Waals surface area contributed by atoms with Gasteiger partial charge in [0.2, 0.25) is 0 Å². The van der Waals surface area contributed by atoms with E-state index in [9.17, 15) is 0 Å². The summed E-state index contributed by atoms with van der Waals surface area (Å²) < 4.78 is 9.34. The van der Waals surface area contributed by atoms with Crippen molar-refractivity contribution < 1.29 is 9.47 Å². The Morgan fingerprint density at radius 2 is 1.80 bits per heavy atom. The number of methoxy groups -OCH3 is 2. The molecule has 0 saturated heterocycles. The van der Waals surface area contributed by atoms with E-state index in [1.54, 1.807) is 12.1 Å². The summed E-state index contributed by atoms with van der Waals surface area (Å²) in [7, 11) is 2.65. The number of hydrogen-bond acceptors (Lipinski definition) is 4. The van der Waals surface area contributed by atoms with Gasteiger partial charge in [-0.1, -0.05) is 0 Å². The van der Waals surface area contributed by atoms with Gasteiger partial charge < -0.3 is 9.47 Å². The molecule has 0 aliphatic heterocycles. The Bertz CT molecular complexity index is 173. The first kappa shape index (κ1) is 8.90. The zero-order valence-electron chi connectivity index (χ0n) is 5.92. The van der Waals surface area contributed by atoms with Crippen molar-refractivity contribution in [3.8, 4) is 12.1 Å². The van der Waals surface area contributed by atoms with Gasteiger partial charge in [-0.3, -0.25) is 0 Å². The molecular formula is C6H8N2O2. The van der Waals surface area contributed by atoms with Crippen LogP contribution >= 0.6 is 0 Å². The Labute approximate surface area is 59.6 Å². The van der Waals surface area contributed by atoms with Crippen LogP contribution in [0.15, 0.2) is 0 Å². The number of nitrogens with zero attached hydrogens (tertiary/aromatic N) is 2. The van der Waals surface area contributed by atoms with E-state index in [-0.39, 0.29) is 6.42 Å². The molecule has 0 aromatic heterocycles. The van der Waals surface area contributed by atoms with Gasteiger partial charge >= 0.3 is 0 Å². The van der Waals surface area contributed by atoms with Crippen LogP contribution in [0, 0.1) is 22.7 Å². The molecule has 0 radical (unpaired) electrons. The molecule has 0 N–H and O–H groups in total. The highest BCUT2D eigenvalue weighted by Gasteiger charge is 2.28. The summed E-state index contributed by atoms with van der Waals surface area (Å²) in [4.78, 5) is 0. The molecule has 0 rings (SSSR count). The lowest BCUT2D eigenvalue weighted by Gasteiger charge is -2.18. The van der Waals surface area contributed by atoms with Crippen molar-refractivity contribution in [2.45, 2.75) is 12.2 Å². The molecule has 0 amide bonds. The van der Waals surface area contributed by atoms with Gasteiger partial charge in [0.05, 0.1) is 6.07 Å². The second-order valence-electron chi connectivity index (χ2n) is 1.61. The van der Waals surface area contributed by atoms with E-state index < -0.39 is 5.79 Å². The highest BCUT2D eigenvalue weighted by molar-refractivity contribution is 4.99. The molecule has 10 heavy (non-hydrogen) atoms. The van der Waals surface area contributed by atoms with Crippen LogP contribution in [0.2, 0.25) is 0 Å². The molecule has 0 aromatic rings. The average molecular weight is 140 g/mol. The lowest BCUT2D eigenvalue weighted by molar-refractivity contribution is -0.159. The SMILES string of the molecule is COC(C#N)(CC#N)OC. The van der Waals surface area contributed by atoms with Crippen molar-refractivity contribution >= 4 is 0 Å². The second kappa shape index (κ2) is 3.84. The molecule has 0 aliphatic rings. The molecule has 0 bridgehead atoms. The van der Waals surface area contributed by atoms with E-state index in [0.717, 1.165) is 0 Å². The summed E-state index contributed by atoms with van der Waals surface area (Å²) >= 11 is 0. The highest BCUT2D eigenvalue weighted by atomic mass is 16.7.